The van der Waals surface area contributed by atoms with E-state index in [0.29, 0.717) is 12.0 Å². The first-order chi connectivity index (χ1) is 12.7. The molecule has 1 saturated heterocycles. The van der Waals surface area contributed by atoms with Gasteiger partial charge in [-0.05, 0) is 46.9 Å². The zero-order valence-corrected chi connectivity index (χ0v) is 16.6. The predicted octanol–water partition coefficient (Wildman–Crippen LogP) is 3.30. The van der Waals surface area contributed by atoms with Crippen LogP contribution in [0.4, 0.5) is 5.69 Å². The second-order valence-electron chi connectivity index (χ2n) is 6.66. The number of rotatable bonds is 6. The number of nitrogens with zero attached hydrogens (tertiary/aromatic N) is 2. The molecule has 3 rings (SSSR count). The first kappa shape index (κ1) is 18.6. The van der Waals surface area contributed by atoms with E-state index in [1.807, 2.05) is 19.2 Å². The van der Waals surface area contributed by atoms with Crippen molar-refractivity contribution in [3.63, 3.8) is 0 Å². The van der Waals surface area contributed by atoms with E-state index in [-0.39, 0.29) is 0 Å². The van der Waals surface area contributed by atoms with Crippen molar-refractivity contribution in [3.05, 3.63) is 46.7 Å². The summed E-state index contributed by atoms with van der Waals surface area (Å²) in [7, 11) is 3.56. The molecule has 1 fully saturated rings. The molecule has 0 amide bonds. The molecular formula is C20H28N4OS. The number of methoxy groups -OCH3 is 1. The number of hydrogen-bond donors (Lipinski definition) is 2. The minimum absolute atomic E-state index is 0.377. The van der Waals surface area contributed by atoms with Crippen molar-refractivity contribution >= 4 is 23.0 Å². The molecule has 5 nitrogen and oxygen atoms in total. The maximum Gasteiger partial charge on any atom is 0.191 e. The maximum absolute atomic E-state index is 5.50. The van der Waals surface area contributed by atoms with Crippen LogP contribution in [0, 0.1) is 0 Å². The summed E-state index contributed by atoms with van der Waals surface area (Å²) in [5, 5.41) is 11.4. The first-order valence-corrected chi connectivity index (χ1v) is 10.0. The second-order valence-corrected chi connectivity index (χ2v) is 7.44. The van der Waals surface area contributed by atoms with Gasteiger partial charge in [0.25, 0.3) is 0 Å². The second kappa shape index (κ2) is 8.94. The average molecular weight is 373 g/mol. The molecule has 2 heterocycles. The maximum atomic E-state index is 5.50. The minimum Gasteiger partial charge on any atom is -0.495 e. The lowest BCUT2D eigenvalue weighted by atomic mass is 10.1. The van der Waals surface area contributed by atoms with E-state index in [9.17, 15) is 0 Å². The molecule has 1 aromatic heterocycles. The summed E-state index contributed by atoms with van der Waals surface area (Å²) in [5.41, 5.74) is 2.54. The van der Waals surface area contributed by atoms with Gasteiger partial charge < -0.3 is 20.3 Å². The van der Waals surface area contributed by atoms with Crippen LogP contribution >= 0.6 is 11.3 Å². The molecular weight excluding hydrogens is 344 g/mol. The fourth-order valence-electron chi connectivity index (χ4n) is 3.30. The average Bonchev–Trinajstić information content (AvgIpc) is 3.36. The molecule has 0 bridgehead atoms. The smallest absolute Gasteiger partial charge is 0.191 e. The van der Waals surface area contributed by atoms with E-state index in [0.717, 1.165) is 43.5 Å². The van der Waals surface area contributed by atoms with Crippen molar-refractivity contribution in [3.8, 4) is 5.75 Å². The van der Waals surface area contributed by atoms with Crippen molar-refractivity contribution in [1.29, 1.82) is 0 Å². The Balaban J connectivity index is 1.52. The van der Waals surface area contributed by atoms with Crippen LogP contribution in [0.1, 0.15) is 24.8 Å². The standard InChI is InChI=1S/C20H28N4OS/c1-15(16-9-11-26-14-16)12-22-20(21-2)23-17-8-10-24(13-17)18-6-4-5-7-19(18)25-3/h4-7,9,11,14-15,17H,8,10,12-13H2,1-3H3,(H2,21,22,23). The van der Waals surface area contributed by atoms with Gasteiger partial charge in [0.1, 0.15) is 5.75 Å². The van der Waals surface area contributed by atoms with Crippen LogP contribution in [-0.4, -0.2) is 45.8 Å². The van der Waals surface area contributed by atoms with Gasteiger partial charge in [-0.3, -0.25) is 4.99 Å². The van der Waals surface area contributed by atoms with Gasteiger partial charge in [-0.2, -0.15) is 11.3 Å². The predicted molar refractivity (Wildman–Crippen MR) is 111 cm³/mol. The Labute approximate surface area is 160 Å². The molecule has 1 aromatic carbocycles. The van der Waals surface area contributed by atoms with Crippen molar-refractivity contribution in [2.24, 2.45) is 4.99 Å². The summed E-state index contributed by atoms with van der Waals surface area (Å²) in [6, 6.07) is 10.8. The summed E-state index contributed by atoms with van der Waals surface area (Å²) >= 11 is 1.75. The number of guanidine groups is 1. The SMILES string of the molecule is CN=C(NCC(C)c1ccsc1)NC1CCN(c2ccccc2OC)C1. The van der Waals surface area contributed by atoms with Gasteiger partial charge in [0.05, 0.1) is 12.8 Å². The summed E-state index contributed by atoms with van der Waals surface area (Å²) in [6.45, 7) is 5.07. The van der Waals surface area contributed by atoms with Crippen LogP contribution < -0.4 is 20.3 Å². The Morgan fingerprint density at radius 2 is 2.23 bits per heavy atom. The summed E-state index contributed by atoms with van der Waals surface area (Å²) in [5.74, 6) is 2.27. The number of benzene rings is 1. The molecule has 1 aliphatic heterocycles. The molecule has 1 aliphatic rings. The highest BCUT2D eigenvalue weighted by Gasteiger charge is 2.25. The van der Waals surface area contributed by atoms with Gasteiger partial charge in [0.2, 0.25) is 0 Å². The van der Waals surface area contributed by atoms with Crippen LogP contribution in [0.5, 0.6) is 5.75 Å². The topological polar surface area (TPSA) is 48.9 Å². The van der Waals surface area contributed by atoms with Crippen LogP contribution in [0.15, 0.2) is 46.1 Å². The lowest BCUT2D eigenvalue weighted by Gasteiger charge is -2.22. The number of hydrogen-bond acceptors (Lipinski definition) is 4. The summed E-state index contributed by atoms with van der Waals surface area (Å²) in [4.78, 5) is 6.76. The van der Waals surface area contributed by atoms with Crippen molar-refractivity contribution in [2.45, 2.75) is 25.3 Å². The van der Waals surface area contributed by atoms with Gasteiger partial charge >= 0.3 is 0 Å². The molecule has 2 unspecified atom stereocenters. The Hall–Kier alpha value is -2.21. The first-order valence-electron chi connectivity index (χ1n) is 9.08. The Morgan fingerprint density at radius 3 is 2.96 bits per heavy atom. The Bertz CT molecular complexity index is 716. The molecule has 6 heteroatoms. The van der Waals surface area contributed by atoms with Gasteiger partial charge in [-0.15, -0.1) is 0 Å². The molecule has 2 aromatic rings. The fourth-order valence-corrected chi connectivity index (χ4v) is 4.08. The van der Waals surface area contributed by atoms with E-state index >= 15 is 0 Å². The number of ether oxygens (including phenoxy) is 1. The van der Waals surface area contributed by atoms with Crippen LogP contribution in [0.2, 0.25) is 0 Å². The zero-order chi connectivity index (χ0) is 18.4. The number of thiophene rings is 1. The molecule has 0 radical (unpaired) electrons. The van der Waals surface area contributed by atoms with Crippen molar-refractivity contribution < 1.29 is 4.74 Å². The largest absolute Gasteiger partial charge is 0.495 e. The lowest BCUT2D eigenvalue weighted by Crippen LogP contribution is -2.45. The summed E-state index contributed by atoms with van der Waals surface area (Å²) in [6.07, 6.45) is 1.08. The third kappa shape index (κ3) is 4.49. The van der Waals surface area contributed by atoms with E-state index in [4.69, 9.17) is 4.74 Å². The van der Waals surface area contributed by atoms with E-state index in [1.165, 1.54) is 5.56 Å². The molecule has 2 atom stereocenters. The Kier molecular flexibility index (Phi) is 6.39. The van der Waals surface area contributed by atoms with Crippen LogP contribution in [0.25, 0.3) is 0 Å². The van der Waals surface area contributed by atoms with Gasteiger partial charge in [0.15, 0.2) is 5.96 Å². The quantitative estimate of drug-likeness (QED) is 0.603. The highest BCUT2D eigenvalue weighted by atomic mass is 32.1. The molecule has 0 aliphatic carbocycles. The van der Waals surface area contributed by atoms with Crippen LogP contribution in [-0.2, 0) is 0 Å². The van der Waals surface area contributed by atoms with Gasteiger partial charge in [-0.25, -0.2) is 0 Å². The number of para-hydroxylation sites is 2. The third-order valence-corrected chi connectivity index (χ3v) is 5.57. The van der Waals surface area contributed by atoms with E-state index in [1.54, 1.807) is 18.4 Å². The van der Waals surface area contributed by atoms with Crippen molar-refractivity contribution in [1.82, 2.24) is 10.6 Å². The normalized spacial score (nSPS) is 18.7. The van der Waals surface area contributed by atoms with E-state index in [2.05, 4.69) is 56.4 Å². The highest BCUT2D eigenvalue weighted by molar-refractivity contribution is 7.07. The lowest BCUT2D eigenvalue weighted by molar-refractivity contribution is 0.415. The zero-order valence-electron chi connectivity index (χ0n) is 15.7. The highest BCUT2D eigenvalue weighted by Crippen LogP contribution is 2.30. The number of nitrogens with one attached hydrogen (secondary N) is 2. The van der Waals surface area contributed by atoms with Crippen molar-refractivity contribution in [2.75, 3.05) is 38.7 Å². The molecule has 2 N–H and O–H groups in total. The monoisotopic (exact) mass is 372 g/mol. The minimum atomic E-state index is 0.377. The Morgan fingerprint density at radius 1 is 1.38 bits per heavy atom. The summed E-state index contributed by atoms with van der Waals surface area (Å²) < 4.78 is 5.50. The molecule has 140 valence electrons. The van der Waals surface area contributed by atoms with Crippen LogP contribution in [0.3, 0.4) is 0 Å². The molecule has 0 saturated carbocycles. The van der Waals surface area contributed by atoms with Gasteiger partial charge in [0, 0.05) is 32.7 Å². The third-order valence-electron chi connectivity index (χ3n) is 4.87. The molecule has 0 spiro atoms. The molecule has 26 heavy (non-hydrogen) atoms. The van der Waals surface area contributed by atoms with Gasteiger partial charge in [-0.1, -0.05) is 19.1 Å². The number of anilines is 1. The fraction of sp³-hybridized carbons (Fsp3) is 0.450. The number of aliphatic imine (C=N–C) groups is 1. The van der Waals surface area contributed by atoms with E-state index < -0.39 is 0 Å².